The summed E-state index contributed by atoms with van der Waals surface area (Å²) in [5, 5.41) is 6.98. The van der Waals surface area contributed by atoms with Gasteiger partial charge in [0.05, 0.1) is 25.0 Å². The Balaban J connectivity index is 0.00000363. The minimum absolute atomic E-state index is 0. The summed E-state index contributed by atoms with van der Waals surface area (Å²) in [6.45, 7) is 6.27. The fourth-order valence-corrected chi connectivity index (χ4v) is 3.92. The molecule has 1 amide bonds. The van der Waals surface area contributed by atoms with E-state index in [9.17, 15) is 4.79 Å². The van der Waals surface area contributed by atoms with Crippen molar-refractivity contribution in [3.8, 4) is 0 Å². The molecule has 9 nitrogen and oxygen atoms in total. The van der Waals surface area contributed by atoms with Gasteiger partial charge < -0.3 is 34.2 Å². The Morgan fingerprint density at radius 3 is 2.69 bits per heavy atom. The highest BCUT2D eigenvalue weighted by Gasteiger charge is 2.32. The first-order valence-electron chi connectivity index (χ1n) is 11.3. The number of hydrogen-bond acceptors (Lipinski definition) is 6. The molecule has 0 atom stereocenters. The predicted octanol–water partition coefficient (Wildman–Crippen LogP) is 2.79. The van der Waals surface area contributed by atoms with Crippen LogP contribution in [0.2, 0.25) is 0 Å². The van der Waals surface area contributed by atoms with E-state index in [1.807, 2.05) is 19.1 Å². The van der Waals surface area contributed by atoms with Gasteiger partial charge in [0, 0.05) is 65.3 Å². The van der Waals surface area contributed by atoms with Crippen LogP contribution < -0.4 is 10.6 Å². The van der Waals surface area contributed by atoms with E-state index in [2.05, 4.69) is 10.6 Å². The van der Waals surface area contributed by atoms with Gasteiger partial charge >= 0.3 is 6.09 Å². The number of furan rings is 1. The Hall–Kier alpha value is -1.53. The van der Waals surface area contributed by atoms with Gasteiger partial charge in [-0.1, -0.05) is 0 Å². The lowest BCUT2D eigenvalue weighted by atomic mass is 9.94. The van der Waals surface area contributed by atoms with E-state index in [-0.39, 0.29) is 41.7 Å². The predicted molar refractivity (Wildman–Crippen MR) is 133 cm³/mol. The van der Waals surface area contributed by atoms with E-state index in [1.165, 1.54) is 0 Å². The molecule has 0 radical (unpaired) electrons. The first kappa shape index (κ1) is 26.7. The third-order valence-electron chi connectivity index (χ3n) is 5.97. The fraction of sp³-hybridized carbons (Fsp3) is 0.727. The van der Waals surface area contributed by atoms with Crippen LogP contribution in [0.4, 0.5) is 4.79 Å². The van der Waals surface area contributed by atoms with Crippen molar-refractivity contribution in [1.82, 2.24) is 15.5 Å². The van der Waals surface area contributed by atoms with Gasteiger partial charge in [0.15, 0.2) is 5.96 Å². The zero-order valence-corrected chi connectivity index (χ0v) is 21.5. The molecule has 0 aromatic carbocycles. The number of carbonyl (C=O) groups is 1. The van der Waals surface area contributed by atoms with Gasteiger partial charge in [-0.25, -0.2) is 4.79 Å². The molecular formula is C22H37IN4O5. The van der Waals surface area contributed by atoms with Crippen LogP contribution in [0.15, 0.2) is 27.8 Å². The summed E-state index contributed by atoms with van der Waals surface area (Å²) in [6.07, 6.45) is 5.61. The second-order valence-electron chi connectivity index (χ2n) is 8.03. The van der Waals surface area contributed by atoms with Gasteiger partial charge in [0.2, 0.25) is 0 Å². The third-order valence-corrected chi connectivity index (χ3v) is 5.97. The van der Waals surface area contributed by atoms with E-state index in [1.54, 1.807) is 18.3 Å². The minimum Gasteiger partial charge on any atom is -0.469 e. The summed E-state index contributed by atoms with van der Waals surface area (Å²) in [5.41, 5.74) is -0.277. The van der Waals surface area contributed by atoms with Crippen molar-refractivity contribution in [3.05, 3.63) is 24.2 Å². The van der Waals surface area contributed by atoms with Crippen LogP contribution in [-0.4, -0.2) is 81.7 Å². The number of rotatable bonds is 8. The summed E-state index contributed by atoms with van der Waals surface area (Å²) < 4.78 is 21.9. The standard InChI is InChI=1S/C22H36N4O5.HI/c1-3-30-21(27)26-12-7-18(8-13-26)25-20(23-11-6-19-5-4-14-31-19)24-17-22(28-2)9-15-29-16-10-22;/h4-5,14,18H,3,6-13,15-17H2,1-2H3,(H2,23,24,25);1H. The van der Waals surface area contributed by atoms with Crippen molar-refractivity contribution in [2.24, 2.45) is 4.99 Å². The quantitative estimate of drug-likeness (QED) is 0.285. The number of piperidine rings is 1. The molecule has 0 bridgehead atoms. The Kier molecular flexibility index (Phi) is 11.6. The molecule has 2 fully saturated rings. The number of aliphatic imine (C=N–C) groups is 1. The van der Waals surface area contributed by atoms with Gasteiger partial charge in [0.25, 0.3) is 0 Å². The highest BCUT2D eigenvalue weighted by atomic mass is 127. The zero-order chi connectivity index (χ0) is 21.9. The monoisotopic (exact) mass is 564 g/mol. The Labute approximate surface area is 207 Å². The largest absolute Gasteiger partial charge is 0.469 e. The lowest BCUT2D eigenvalue weighted by Gasteiger charge is -2.35. The first-order valence-corrected chi connectivity index (χ1v) is 11.3. The summed E-state index contributed by atoms with van der Waals surface area (Å²) in [4.78, 5) is 18.6. The second-order valence-corrected chi connectivity index (χ2v) is 8.03. The average molecular weight is 564 g/mol. The molecule has 1 aromatic rings. The van der Waals surface area contributed by atoms with Crippen molar-refractivity contribution in [3.63, 3.8) is 0 Å². The summed E-state index contributed by atoms with van der Waals surface area (Å²) in [5.74, 6) is 1.71. The Morgan fingerprint density at radius 1 is 1.31 bits per heavy atom. The molecule has 182 valence electrons. The van der Waals surface area contributed by atoms with Crippen LogP contribution in [-0.2, 0) is 20.6 Å². The molecule has 1 aromatic heterocycles. The molecule has 0 saturated carbocycles. The smallest absolute Gasteiger partial charge is 0.409 e. The minimum atomic E-state index is -0.277. The first-order chi connectivity index (χ1) is 15.1. The number of likely N-dealkylation sites (tertiary alicyclic amines) is 1. The molecule has 32 heavy (non-hydrogen) atoms. The van der Waals surface area contributed by atoms with Crippen LogP contribution in [0.25, 0.3) is 0 Å². The van der Waals surface area contributed by atoms with E-state index < -0.39 is 0 Å². The van der Waals surface area contributed by atoms with Crippen LogP contribution in [0.5, 0.6) is 0 Å². The number of guanidine groups is 1. The molecule has 2 saturated heterocycles. The zero-order valence-electron chi connectivity index (χ0n) is 19.1. The van der Waals surface area contributed by atoms with Crippen molar-refractivity contribution < 1.29 is 23.4 Å². The van der Waals surface area contributed by atoms with Crippen molar-refractivity contribution in [2.45, 2.75) is 50.7 Å². The van der Waals surface area contributed by atoms with Crippen LogP contribution in [0, 0.1) is 0 Å². The van der Waals surface area contributed by atoms with Gasteiger partial charge in [-0.15, -0.1) is 24.0 Å². The Morgan fingerprint density at radius 2 is 2.06 bits per heavy atom. The number of methoxy groups -OCH3 is 1. The molecule has 3 rings (SSSR count). The fourth-order valence-electron chi connectivity index (χ4n) is 3.92. The molecule has 2 aliphatic heterocycles. The second kappa shape index (κ2) is 13.9. The van der Waals surface area contributed by atoms with Crippen molar-refractivity contribution in [1.29, 1.82) is 0 Å². The Bertz CT molecular complexity index is 687. The van der Waals surface area contributed by atoms with Crippen LogP contribution >= 0.6 is 24.0 Å². The van der Waals surface area contributed by atoms with Crippen LogP contribution in [0.3, 0.4) is 0 Å². The van der Waals surface area contributed by atoms with Crippen LogP contribution in [0.1, 0.15) is 38.4 Å². The molecule has 2 aliphatic rings. The molecule has 3 heterocycles. The van der Waals surface area contributed by atoms with Crippen molar-refractivity contribution >= 4 is 36.0 Å². The number of nitrogens with one attached hydrogen (secondary N) is 2. The highest BCUT2D eigenvalue weighted by Crippen LogP contribution is 2.24. The van der Waals surface area contributed by atoms with E-state index in [0.717, 1.165) is 43.8 Å². The van der Waals surface area contributed by atoms with E-state index in [4.69, 9.17) is 23.6 Å². The number of carbonyl (C=O) groups excluding carboxylic acids is 1. The van der Waals surface area contributed by atoms with Crippen molar-refractivity contribution in [2.75, 3.05) is 53.1 Å². The normalized spacial score (nSPS) is 19.2. The highest BCUT2D eigenvalue weighted by molar-refractivity contribution is 14.0. The van der Waals surface area contributed by atoms with E-state index in [0.29, 0.717) is 46.0 Å². The number of hydrogen-bond donors (Lipinski definition) is 2. The molecule has 2 N–H and O–H groups in total. The molecule has 0 unspecified atom stereocenters. The third kappa shape index (κ3) is 8.11. The van der Waals surface area contributed by atoms with Gasteiger partial charge in [-0.05, 0) is 31.9 Å². The number of amides is 1. The molecule has 0 spiro atoms. The molecule has 10 heteroatoms. The average Bonchev–Trinajstić information content (AvgIpc) is 3.32. The molecule has 0 aliphatic carbocycles. The maximum Gasteiger partial charge on any atom is 0.409 e. The van der Waals surface area contributed by atoms with Gasteiger partial charge in [-0.2, -0.15) is 0 Å². The molecular weight excluding hydrogens is 527 g/mol. The lowest BCUT2D eigenvalue weighted by molar-refractivity contribution is -0.0829. The maximum absolute atomic E-state index is 11.9. The van der Waals surface area contributed by atoms with E-state index >= 15 is 0 Å². The lowest BCUT2D eigenvalue weighted by Crippen LogP contribution is -2.51. The summed E-state index contributed by atoms with van der Waals surface area (Å²) in [7, 11) is 1.75. The number of nitrogens with zero attached hydrogens (tertiary/aromatic N) is 2. The maximum atomic E-state index is 11.9. The topological polar surface area (TPSA) is 97.6 Å². The summed E-state index contributed by atoms with van der Waals surface area (Å²) in [6, 6.07) is 4.11. The van der Waals surface area contributed by atoms with Gasteiger partial charge in [0.1, 0.15) is 5.76 Å². The SMILES string of the molecule is CCOC(=O)N1CCC(NC(=NCC2(OC)CCOCC2)NCCc2ccco2)CC1.I. The number of halogens is 1. The number of ether oxygens (including phenoxy) is 3. The van der Waals surface area contributed by atoms with Gasteiger partial charge in [-0.3, -0.25) is 4.99 Å². The summed E-state index contributed by atoms with van der Waals surface area (Å²) >= 11 is 0.